The average Bonchev–Trinajstić information content (AvgIpc) is 2.47. The largest absolute Gasteiger partial charge is 0.271 e. The van der Waals surface area contributed by atoms with Crippen molar-refractivity contribution in [2.75, 3.05) is 4.41 Å². The lowest BCUT2D eigenvalue weighted by Gasteiger charge is -2.14. The molecule has 68 valence electrons. The number of anilines is 1. The molecule has 0 fully saturated rings. The first-order chi connectivity index (χ1) is 6.27. The van der Waals surface area contributed by atoms with Crippen LogP contribution in [0.5, 0.6) is 0 Å². The summed E-state index contributed by atoms with van der Waals surface area (Å²) < 4.78 is 16.7. The van der Waals surface area contributed by atoms with Gasteiger partial charge in [0.05, 0.1) is 5.69 Å². The highest BCUT2D eigenvalue weighted by Gasteiger charge is 2.19. The van der Waals surface area contributed by atoms with Crippen molar-refractivity contribution in [3.05, 3.63) is 30.3 Å². The van der Waals surface area contributed by atoms with E-state index in [4.69, 9.17) is 0 Å². The number of hydrogen-bond donors (Lipinski definition) is 1. The van der Waals surface area contributed by atoms with Gasteiger partial charge >= 0.3 is 0 Å². The van der Waals surface area contributed by atoms with Crippen molar-refractivity contribution in [2.45, 2.75) is 6.92 Å². The monoisotopic (exact) mass is 195 g/mol. The lowest BCUT2D eigenvalue weighted by molar-refractivity contribution is 0.681. The van der Waals surface area contributed by atoms with E-state index in [-0.39, 0.29) is 0 Å². The fraction of sp³-hybridized carbons (Fsp3) is 0.125. The highest BCUT2D eigenvalue weighted by Crippen LogP contribution is 2.16. The first kappa shape index (κ1) is 8.25. The number of nitrogens with zero attached hydrogens (tertiary/aromatic N) is 2. The maximum atomic E-state index is 11.4. The number of para-hydroxylation sites is 1. The Morgan fingerprint density at radius 3 is 2.62 bits per heavy atom. The number of nitrogens with one attached hydrogen (secondary N) is 1. The van der Waals surface area contributed by atoms with Gasteiger partial charge in [0.15, 0.2) is 0 Å². The minimum Gasteiger partial charge on any atom is -0.271 e. The molecule has 1 aliphatic rings. The normalized spacial score (nSPS) is 21.2. The second-order valence-corrected chi connectivity index (χ2v) is 3.66. The third-order valence-electron chi connectivity index (χ3n) is 1.63. The maximum absolute atomic E-state index is 11.4. The summed E-state index contributed by atoms with van der Waals surface area (Å²) in [5.74, 6) is 0.669. The van der Waals surface area contributed by atoms with Gasteiger partial charge in [-0.25, -0.2) is 4.21 Å². The molecule has 0 saturated heterocycles. The molecule has 1 unspecified atom stereocenters. The Morgan fingerprint density at radius 1 is 1.38 bits per heavy atom. The van der Waals surface area contributed by atoms with Crippen LogP contribution in [0.4, 0.5) is 5.69 Å². The number of benzene rings is 1. The molecule has 1 atom stereocenters. The van der Waals surface area contributed by atoms with Gasteiger partial charge in [0, 0.05) is 0 Å². The van der Waals surface area contributed by atoms with E-state index in [9.17, 15) is 4.21 Å². The molecule has 1 heterocycles. The minimum absolute atomic E-state index is 0.669. The lowest BCUT2D eigenvalue weighted by Crippen LogP contribution is -2.35. The van der Waals surface area contributed by atoms with Crippen LogP contribution in [0.1, 0.15) is 6.92 Å². The van der Waals surface area contributed by atoms with Crippen molar-refractivity contribution in [3.63, 3.8) is 0 Å². The molecule has 1 aliphatic heterocycles. The fourth-order valence-corrected chi connectivity index (χ4v) is 1.95. The topological polar surface area (TPSA) is 44.7 Å². The van der Waals surface area contributed by atoms with Gasteiger partial charge < -0.3 is 0 Å². The van der Waals surface area contributed by atoms with Gasteiger partial charge in [-0.3, -0.25) is 5.43 Å². The summed E-state index contributed by atoms with van der Waals surface area (Å²) >= 11 is -1.33. The first-order valence-corrected chi connectivity index (χ1v) is 4.93. The van der Waals surface area contributed by atoms with Gasteiger partial charge in [0.2, 0.25) is 0 Å². The van der Waals surface area contributed by atoms with E-state index in [1.165, 1.54) is 4.41 Å². The van der Waals surface area contributed by atoms with Gasteiger partial charge in [-0.2, -0.15) is 8.81 Å². The van der Waals surface area contributed by atoms with Crippen LogP contribution in [0.2, 0.25) is 0 Å². The number of hydrazine groups is 1. The zero-order valence-electron chi connectivity index (χ0n) is 7.10. The molecule has 1 N–H and O–H groups in total. The Kier molecular flexibility index (Phi) is 2.02. The summed E-state index contributed by atoms with van der Waals surface area (Å²) in [6, 6.07) is 9.44. The van der Waals surface area contributed by atoms with Gasteiger partial charge in [-0.1, -0.05) is 18.2 Å². The smallest absolute Gasteiger partial charge is 0.266 e. The molecule has 0 aliphatic carbocycles. The molecule has 0 bridgehead atoms. The third-order valence-corrected chi connectivity index (χ3v) is 2.67. The predicted octanol–water partition coefficient (Wildman–Crippen LogP) is 1.01. The van der Waals surface area contributed by atoms with E-state index in [1.807, 2.05) is 30.3 Å². The van der Waals surface area contributed by atoms with Crippen LogP contribution < -0.4 is 9.84 Å². The second kappa shape index (κ2) is 3.18. The van der Waals surface area contributed by atoms with Crippen LogP contribution in [-0.2, 0) is 11.2 Å². The van der Waals surface area contributed by atoms with Crippen LogP contribution >= 0.6 is 0 Å². The molecule has 1 aromatic carbocycles. The Balaban J connectivity index is 2.26. The number of rotatable bonds is 1. The minimum atomic E-state index is -1.33. The number of hydrogen-bond acceptors (Lipinski definition) is 2. The van der Waals surface area contributed by atoms with Crippen molar-refractivity contribution in [2.24, 2.45) is 4.40 Å². The molecule has 0 spiro atoms. The SMILES string of the molecule is CC1=NS(=O)N(c2ccccc2)N1. The lowest BCUT2D eigenvalue weighted by atomic mass is 10.3. The summed E-state index contributed by atoms with van der Waals surface area (Å²) in [6.07, 6.45) is 0. The molecule has 0 amide bonds. The van der Waals surface area contributed by atoms with Crippen LogP contribution in [0.3, 0.4) is 0 Å². The van der Waals surface area contributed by atoms with Crippen LogP contribution in [0, 0.1) is 0 Å². The molecule has 5 heteroatoms. The zero-order chi connectivity index (χ0) is 9.26. The van der Waals surface area contributed by atoms with Crippen molar-refractivity contribution < 1.29 is 4.21 Å². The molecule has 4 nitrogen and oxygen atoms in total. The van der Waals surface area contributed by atoms with E-state index >= 15 is 0 Å². The molecular weight excluding hydrogens is 186 g/mol. The van der Waals surface area contributed by atoms with Gasteiger partial charge in [-0.15, -0.1) is 0 Å². The maximum Gasteiger partial charge on any atom is 0.266 e. The number of amidine groups is 1. The first-order valence-electron chi connectivity index (χ1n) is 3.86. The zero-order valence-corrected chi connectivity index (χ0v) is 7.91. The van der Waals surface area contributed by atoms with Gasteiger partial charge in [0.25, 0.3) is 11.2 Å². The average molecular weight is 195 g/mol. The Hall–Kier alpha value is -1.36. The second-order valence-electron chi connectivity index (χ2n) is 2.65. The summed E-state index contributed by atoms with van der Waals surface area (Å²) in [6.45, 7) is 1.78. The molecular formula is C8H9N3OS. The van der Waals surface area contributed by atoms with Crippen molar-refractivity contribution >= 4 is 22.7 Å². The Labute approximate surface area is 79.0 Å². The quantitative estimate of drug-likeness (QED) is 0.726. The molecule has 0 aromatic heterocycles. The molecule has 13 heavy (non-hydrogen) atoms. The summed E-state index contributed by atoms with van der Waals surface area (Å²) in [4.78, 5) is 0. The highest BCUT2D eigenvalue weighted by molar-refractivity contribution is 7.85. The third kappa shape index (κ3) is 1.55. The van der Waals surface area contributed by atoms with Crippen LogP contribution in [0.25, 0.3) is 0 Å². The molecule has 0 saturated carbocycles. The Bertz CT molecular complexity index is 363. The van der Waals surface area contributed by atoms with Crippen molar-refractivity contribution in [1.29, 1.82) is 0 Å². The van der Waals surface area contributed by atoms with E-state index in [1.54, 1.807) is 6.92 Å². The van der Waals surface area contributed by atoms with E-state index in [0.29, 0.717) is 5.84 Å². The standard InChI is InChI=1S/C8H9N3OS/c1-7-9-11(13(12)10-7)8-5-3-2-4-6-8/h2-6H,1H3,(H,9,10). The van der Waals surface area contributed by atoms with E-state index in [2.05, 4.69) is 9.82 Å². The van der Waals surface area contributed by atoms with Gasteiger partial charge in [0.1, 0.15) is 5.84 Å². The van der Waals surface area contributed by atoms with Crippen LogP contribution in [0.15, 0.2) is 34.7 Å². The molecule has 2 rings (SSSR count). The fourth-order valence-electron chi connectivity index (χ4n) is 1.08. The van der Waals surface area contributed by atoms with E-state index < -0.39 is 11.2 Å². The molecule has 1 aromatic rings. The summed E-state index contributed by atoms with van der Waals surface area (Å²) in [5, 5.41) is 0. The summed E-state index contributed by atoms with van der Waals surface area (Å²) in [5.41, 5.74) is 3.75. The van der Waals surface area contributed by atoms with Crippen LogP contribution in [-0.4, -0.2) is 10.0 Å². The van der Waals surface area contributed by atoms with Crippen molar-refractivity contribution in [3.8, 4) is 0 Å². The van der Waals surface area contributed by atoms with Gasteiger partial charge in [-0.05, 0) is 19.1 Å². The molecule has 0 radical (unpaired) electrons. The highest BCUT2D eigenvalue weighted by atomic mass is 32.2. The predicted molar refractivity (Wildman–Crippen MR) is 53.3 cm³/mol. The summed E-state index contributed by atoms with van der Waals surface area (Å²) in [7, 11) is 0. The Morgan fingerprint density at radius 2 is 2.08 bits per heavy atom. The van der Waals surface area contributed by atoms with E-state index in [0.717, 1.165) is 5.69 Å². The van der Waals surface area contributed by atoms with Crippen molar-refractivity contribution in [1.82, 2.24) is 5.43 Å².